The number of benzene rings is 1. The fourth-order valence-electron chi connectivity index (χ4n) is 2.08. The Bertz CT molecular complexity index is 538. The normalized spacial score (nSPS) is 14.9. The number of hydrogen-bond donors (Lipinski definition) is 0. The van der Waals surface area contributed by atoms with Crippen LogP contribution in [0.5, 0.6) is 5.75 Å². The van der Waals surface area contributed by atoms with Crippen LogP contribution in [0.1, 0.15) is 6.42 Å². The first-order valence-electron chi connectivity index (χ1n) is 6.96. The van der Waals surface area contributed by atoms with Gasteiger partial charge in [-0.15, -0.1) is 0 Å². The van der Waals surface area contributed by atoms with Crippen molar-refractivity contribution in [3.8, 4) is 5.75 Å². The maximum atomic E-state index is 11.6. The van der Waals surface area contributed by atoms with Gasteiger partial charge in [0.2, 0.25) is 0 Å². The molecule has 0 N–H and O–H groups in total. The smallest absolute Gasteiger partial charge is 0.258 e. The number of imide groups is 1. The lowest BCUT2D eigenvalue weighted by Crippen LogP contribution is -2.35. The molecule has 0 saturated heterocycles. The molecule has 0 aromatic heterocycles. The molecule has 1 aliphatic heterocycles. The summed E-state index contributed by atoms with van der Waals surface area (Å²) in [4.78, 5) is 24.3. The van der Waals surface area contributed by atoms with Gasteiger partial charge < -0.3 is 9.22 Å². The predicted octanol–water partition coefficient (Wildman–Crippen LogP) is 1.59. The number of anilines is 1. The SMILES string of the molecule is C[N+](C)(C)CCCOc1ccc(N2C(=O)C=CC2=O)cc1. The fraction of sp³-hybridized carbons (Fsp3) is 0.375. The van der Waals surface area contributed by atoms with Gasteiger partial charge >= 0.3 is 0 Å². The molecule has 1 aromatic rings. The van der Waals surface area contributed by atoms with E-state index >= 15 is 0 Å². The summed E-state index contributed by atoms with van der Waals surface area (Å²) in [5, 5.41) is 0. The van der Waals surface area contributed by atoms with Crippen LogP contribution in [0.2, 0.25) is 0 Å². The predicted molar refractivity (Wildman–Crippen MR) is 81.1 cm³/mol. The fourth-order valence-corrected chi connectivity index (χ4v) is 2.08. The minimum atomic E-state index is -0.309. The molecule has 0 aliphatic carbocycles. The molecular formula is C16H21N2O3+. The lowest BCUT2D eigenvalue weighted by molar-refractivity contribution is -0.870. The lowest BCUT2D eigenvalue weighted by atomic mass is 10.2. The summed E-state index contributed by atoms with van der Waals surface area (Å²) in [5.41, 5.74) is 0.564. The Hall–Kier alpha value is -2.14. The highest BCUT2D eigenvalue weighted by Crippen LogP contribution is 2.22. The Kier molecular flexibility index (Phi) is 4.43. The number of rotatable bonds is 6. The van der Waals surface area contributed by atoms with Gasteiger partial charge in [0.25, 0.3) is 11.8 Å². The molecule has 112 valence electrons. The average Bonchev–Trinajstić information content (AvgIpc) is 2.74. The van der Waals surface area contributed by atoms with E-state index in [-0.39, 0.29) is 11.8 Å². The van der Waals surface area contributed by atoms with E-state index in [0.29, 0.717) is 12.3 Å². The number of carbonyl (C=O) groups is 2. The van der Waals surface area contributed by atoms with Gasteiger partial charge in [-0.25, -0.2) is 4.90 Å². The number of ether oxygens (including phenoxy) is 1. The first-order chi connectivity index (χ1) is 9.87. The van der Waals surface area contributed by atoms with E-state index in [9.17, 15) is 9.59 Å². The Labute approximate surface area is 125 Å². The van der Waals surface area contributed by atoms with E-state index in [1.165, 1.54) is 12.2 Å². The first kappa shape index (κ1) is 15.3. The van der Waals surface area contributed by atoms with Gasteiger partial charge in [-0.3, -0.25) is 9.59 Å². The van der Waals surface area contributed by atoms with E-state index in [1.807, 2.05) is 0 Å². The van der Waals surface area contributed by atoms with Gasteiger partial charge in [0, 0.05) is 18.6 Å². The molecular weight excluding hydrogens is 268 g/mol. The quantitative estimate of drug-likeness (QED) is 0.454. The molecule has 5 heteroatoms. The van der Waals surface area contributed by atoms with Crippen LogP contribution in [0.25, 0.3) is 0 Å². The van der Waals surface area contributed by atoms with Crippen molar-refractivity contribution in [3.63, 3.8) is 0 Å². The second-order valence-corrected chi connectivity index (χ2v) is 6.06. The third-order valence-electron chi connectivity index (χ3n) is 3.15. The summed E-state index contributed by atoms with van der Waals surface area (Å²) in [6.07, 6.45) is 3.52. The molecule has 1 aromatic carbocycles. The maximum Gasteiger partial charge on any atom is 0.258 e. The Morgan fingerprint density at radius 2 is 1.57 bits per heavy atom. The summed E-state index contributed by atoms with van der Waals surface area (Å²) >= 11 is 0. The van der Waals surface area contributed by atoms with Gasteiger partial charge in [0.1, 0.15) is 5.75 Å². The minimum absolute atomic E-state index is 0.309. The number of hydrogen-bond acceptors (Lipinski definition) is 3. The molecule has 0 fully saturated rings. The first-order valence-corrected chi connectivity index (χ1v) is 6.96. The summed E-state index contributed by atoms with van der Waals surface area (Å²) in [7, 11) is 6.44. The van der Waals surface area contributed by atoms with Crippen LogP contribution < -0.4 is 9.64 Å². The molecule has 5 nitrogen and oxygen atoms in total. The van der Waals surface area contributed by atoms with Crippen LogP contribution in [0.4, 0.5) is 5.69 Å². The van der Waals surface area contributed by atoms with Crippen molar-refractivity contribution in [3.05, 3.63) is 36.4 Å². The van der Waals surface area contributed by atoms with Gasteiger partial charge in [0.05, 0.1) is 40.0 Å². The molecule has 0 bridgehead atoms. The second-order valence-electron chi connectivity index (χ2n) is 6.06. The molecule has 2 amide bonds. The molecule has 0 radical (unpaired) electrons. The average molecular weight is 289 g/mol. The largest absolute Gasteiger partial charge is 0.493 e. The van der Waals surface area contributed by atoms with Crippen LogP contribution in [-0.2, 0) is 9.59 Å². The van der Waals surface area contributed by atoms with Gasteiger partial charge in [-0.1, -0.05) is 0 Å². The van der Waals surface area contributed by atoms with E-state index in [4.69, 9.17) is 4.74 Å². The number of amides is 2. The van der Waals surface area contributed by atoms with Crippen molar-refractivity contribution < 1.29 is 18.8 Å². The van der Waals surface area contributed by atoms with Crippen LogP contribution >= 0.6 is 0 Å². The van der Waals surface area contributed by atoms with Crippen molar-refractivity contribution >= 4 is 17.5 Å². The third-order valence-corrected chi connectivity index (χ3v) is 3.15. The molecule has 1 heterocycles. The Morgan fingerprint density at radius 1 is 1.00 bits per heavy atom. The van der Waals surface area contributed by atoms with Crippen LogP contribution in [0, 0.1) is 0 Å². The highest BCUT2D eigenvalue weighted by atomic mass is 16.5. The molecule has 0 unspecified atom stereocenters. The zero-order valence-corrected chi connectivity index (χ0v) is 12.7. The summed E-state index contributed by atoms with van der Waals surface area (Å²) < 4.78 is 6.57. The topological polar surface area (TPSA) is 46.6 Å². The van der Waals surface area contributed by atoms with Crippen LogP contribution in [0.15, 0.2) is 36.4 Å². The maximum absolute atomic E-state index is 11.6. The standard InChI is InChI=1S/C16H21N2O3/c1-18(2,3)11-4-12-21-14-7-5-13(6-8-14)17-15(19)9-10-16(17)20/h5-10H,4,11-12H2,1-3H3/q+1. The zero-order chi connectivity index (χ0) is 15.5. The second kappa shape index (κ2) is 6.10. The summed E-state index contributed by atoms with van der Waals surface area (Å²) in [5.74, 6) is 0.125. The van der Waals surface area contributed by atoms with Crippen LogP contribution in [-0.4, -0.2) is 50.6 Å². The van der Waals surface area contributed by atoms with Crippen molar-refractivity contribution in [1.82, 2.24) is 0 Å². The minimum Gasteiger partial charge on any atom is -0.493 e. The van der Waals surface area contributed by atoms with Gasteiger partial charge in [-0.05, 0) is 24.3 Å². The molecule has 0 spiro atoms. The Balaban J connectivity index is 1.88. The third kappa shape index (κ3) is 4.16. The van der Waals surface area contributed by atoms with Crippen molar-refractivity contribution in [1.29, 1.82) is 0 Å². The van der Waals surface area contributed by atoms with E-state index in [0.717, 1.165) is 28.1 Å². The van der Waals surface area contributed by atoms with Gasteiger partial charge in [-0.2, -0.15) is 0 Å². The lowest BCUT2D eigenvalue weighted by Gasteiger charge is -2.23. The van der Waals surface area contributed by atoms with E-state index < -0.39 is 0 Å². The molecule has 21 heavy (non-hydrogen) atoms. The molecule has 1 aliphatic rings. The Morgan fingerprint density at radius 3 is 2.10 bits per heavy atom. The molecule has 2 rings (SSSR count). The number of carbonyl (C=O) groups excluding carboxylic acids is 2. The monoisotopic (exact) mass is 289 g/mol. The number of quaternary nitrogens is 1. The van der Waals surface area contributed by atoms with Crippen molar-refractivity contribution in [2.45, 2.75) is 6.42 Å². The van der Waals surface area contributed by atoms with E-state index in [1.54, 1.807) is 24.3 Å². The van der Waals surface area contributed by atoms with Crippen molar-refractivity contribution in [2.75, 3.05) is 39.2 Å². The summed E-state index contributed by atoms with van der Waals surface area (Å²) in [6, 6.07) is 7.00. The van der Waals surface area contributed by atoms with Gasteiger partial charge in [0.15, 0.2) is 0 Å². The highest BCUT2D eigenvalue weighted by molar-refractivity contribution is 6.28. The van der Waals surface area contributed by atoms with Crippen molar-refractivity contribution in [2.24, 2.45) is 0 Å². The van der Waals surface area contributed by atoms with E-state index in [2.05, 4.69) is 21.1 Å². The summed E-state index contributed by atoms with van der Waals surface area (Å²) in [6.45, 7) is 1.69. The van der Waals surface area contributed by atoms with Crippen LogP contribution in [0.3, 0.4) is 0 Å². The molecule has 0 atom stereocenters. The highest BCUT2D eigenvalue weighted by Gasteiger charge is 2.24. The number of nitrogens with zero attached hydrogens (tertiary/aromatic N) is 2. The zero-order valence-electron chi connectivity index (χ0n) is 12.7. The molecule has 0 saturated carbocycles.